The van der Waals surface area contributed by atoms with E-state index in [9.17, 15) is 5.11 Å². The summed E-state index contributed by atoms with van der Waals surface area (Å²) < 4.78 is 0. The highest BCUT2D eigenvalue weighted by Crippen LogP contribution is 2.29. The van der Waals surface area contributed by atoms with Crippen LogP contribution in [0.4, 0.5) is 5.82 Å². The topological polar surface area (TPSA) is 72.0 Å². The number of nitrogens with zero attached hydrogens (tertiary/aromatic N) is 2. The van der Waals surface area contributed by atoms with E-state index in [1.807, 2.05) is 37.3 Å². The van der Waals surface area contributed by atoms with Crippen molar-refractivity contribution in [2.75, 3.05) is 5.73 Å². The van der Waals surface area contributed by atoms with Crippen molar-refractivity contribution in [3.05, 3.63) is 64.4 Å². The maximum absolute atomic E-state index is 10.5. The highest BCUT2D eigenvalue weighted by atomic mass is 35.5. The predicted molar refractivity (Wildman–Crippen MR) is 84.2 cm³/mol. The third-order valence-corrected chi connectivity index (χ3v) is 3.64. The molecule has 0 aliphatic carbocycles. The van der Waals surface area contributed by atoms with E-state index in [0.29, 0.717) is 16.3 Å². The number of benzene rings is 1. The van der Waals surface area contributed by atoms with Crippen LogP contribution in [0, 0.1) is 6.92 Å². The number of aromatic nitrogens is 2. The number of fused-ring (bicyclic) bond motifs is 1. The molecule has 1 aromatic carbocycles. The number of halogens is 1. The van der Waals surface area contributed by atoms with Crippen LogP contribution >= 0.6 is 11.6 Å². The van der Waals surface area contributed by atoms with E-state index < -0.39 is 6.10 Å². The van der Waals surface area contributed by atoms with Crippen LogP contribution in [0.3, 0.4) is 0 Å². The van der Waals surface area contributed by atoms with Crippen LogP contribution < -0.4 is 5.73 Å². The van der Waals surface area contributed by atoms with Gasteiger partial charge in [0.25, 0.3) is 0 Å². The van der Waals surface area contributed by atoms with Gasteiger partial charge < -0.3 is 10.8 Å². The molecule has 4 nitrogen and oxygen atoms in total. The zero-order chi connectivity index (χ0) is 15.0. The van der Waals surface area contributed by atoms with Crippen molar-refractivity contribution in [1.82, 2.24) is 9.97 Å². The molecule has 106 valence electrons. The summed E-state index contributed by atoms with van der Waals surface area (Å²) in [5, 5.41) is 12.0. The van der Waals surface area contributed by atoms with Crippen LogP contribution in [0.15, 0.2) is 42.6 Å². The average molecular weight is 300 g/mol. The molecule has 3 rings (SSSR count). The van der Waals surface area contributed by atoms with Crippen LogP contribution in [-0.4, -0.2) is 15.1 Å². The van der Waals surface area contributed by atoms with E-state index >= 15 is 0 Å². The lowest BCUT2D eigenvalue weighted by molar-refractivity contribution is 0.216. The third-order valence-electron chi connectivity index (χ3n) is 3.43. The maximum atomic E-state index is 10.5. The number of hydrogen-bond acceptors (Lipinski definition) is 4. The summed E-state index contributed by atoms with van der Waals surface area (Å²) in [6.45, 7) is 1.99. The molecule has 0 fully saturated rings. The van der Waals surface area contributed by atoms with Gasteiger partial charge in [-0.1, -0.05) is 29.8 Å². The van der Waals surface area contributed by atoms with Gasteiger partial charge in [0.15, 0.2) is 0 Å². The van der Waals surface area contributed by atoms with Gasteiger partial charge in [-0.2, -0.15) is 0 Å². The SMILES string of the molecule is Cc1cc(C(O)c2cc(Cl)cnc2N)nc2ccccc12. The second-order valence-corrected chi connectivity index (χ2v) is 5.35. The van der Waals surface area contributed by atoms with Gasteiger partial charge >= 0.3 is 0 Å². The molecular weight excluding hydrogens is 286 g/mol. The molecule has 3 aromatic rings. The van der Waals surface area contributed by atoms with Crippen molar-refractivity contribution >= 4 is 28.3 Å². The van der Waals surface area contributed by atoms with Gasteiger partial charge in [0.2, 0.25) is 0 Å². The first kappa shape index (κ1) is 13.8. The van der Waals surface area contributed by atoms with E-state index in [2.05, 4.69) is 9.97 Å². The average Bonchev–Trinajstić information content (AvgIpc) is 2.49. The Kier molecular flexibility index (Phi) is 3.49. The van der Waals surface area contributed by atoms with E-state index in [-0.39, 0.29) is 5.82 Å². The molecule has 21 heavy (non-hydrogen) atoms. The van der Waals surface area contributed by atoms with Gasteiger partial charge in [-0.05, 0) is 30.7 Å². The summed E-state index contributed by atoms with van der Waals surface area (Å²) >= 11 is 5.93. The van der Waals surface area contributed by atoms with E-state index in [4.69, 9.17) is 17.3 Å². The highest BCUT2D eigenvalue weighted by Gasteiger charge is 2.17. The Morgan fingerprint density at radius 2 is 2.00 bits per heavy atom. The Bertz CT molecular complexity index is 820. The quantitative estimate of drug-likeness (QED) is 0.762. The molecule has 0 amide bonds. The molecule has 3 N–H and O–H groups in total. The molecule has 0 aliphatic rings. The molecule has 0 bridgehead atoms. The largest absolute Gasteiger partial charge is 0.383 e. The Balaban J connectivity index is 2.13. The zero-order valence-corrected chi connectivity index (χ0v) is 12.2. The van der Waals surface area contributed by atoms with E-state index in [1.54, 1.807) is 6.07 Å². The number of aliphatic hydroxyl groups is 1. The molecule has 2 aromatic heterocycles. The molecule has 2 heterocycles. The van der Waals surface area contributed by atoms with Gasteiger partial charge in [0.05, 0.1) is 16.2 Å². The number of rotatable bonds is 2. The van der Waals surface area contributed by atoms with Gasteiger partial charge in [-0.3, -0.25) is 0 Å². The van der Waals surface area contributed by atoms with Crippen molar-refractivity contribution in [2.24, 2.45) is 0 Å². The molecule has 0 aliphatic heterocycles. The number of nitrogen functional groups attached to an aromatic ring is 1. The summed E-state index contributed by atoms with van der Waals surface area (Å²) in [7, 11) is 0. The Labute approximate surface area is 127 Å². The van der Waals surface area contributed by atoms with Crippen LogP contribution in [-0.2, 0) is 0 Å². The predicted octanol–water partition coefficient (Wildman–Crippen LogP) is 3.26. The first-order valence-corrected chi connectivity index (χ1v) is 6.89. The van der Waals surface area contributed by atoms with Gasteiger partial charge in [0, 0.05) is 17.1 Å². The van der Waals surface area contributed by atoms with E-state index in [1.165, 1.54) is 6.20 Å². The van der Waals surface area contributed by atoms with Gasteiger partial charge in [-0.15, -0.1) is 0 Å². The second-order valence-electron chi connectivity index (χ2n) is 4.91. The van der Waals surface area contributed by atoms with E-state index in [0.717, 1.165) is 16.5 Å². The third kappa shape index (κ3) is 2.55. The van der Waals surface area contributed by atoms with Crippen molar-refractivity contribution < 1.29 is 5.11 Å². The lowest BCUT2D eigenvalue weighted by Crippen LogP contribution is -2.07. The minimum Gasteiger partial charge on any atom is -0.383 e. The number of aryl methyl sites for hydroxylation is 1. The lowest BCUT2D eigenvalue weighted by atomic mass is 10.0. The number of hydrogen-bond donors (Lipinski definition) is 2. The summed E-state index contributed by atoms with van der Waals surface area (Å²) in [6.07, 6.45) is 0.492. The van der Waals surface area contributed by atoms with Crippen LogP contribution in [0.25, 0.3) is 10.9 Å². The molecule has 0 spiro atoms. The molecule has 5 heteroatoms. The van der Waals surface area contributed by atoms with Crippen LogP contribution in [0.5, 0.6) is 0 Å². The maximum Gasteiger partial charge on any atom is 0.129 e. The minimum atomic E-state index is -0.959. The van der Waals surface area contributed by atoms with Gasteiger partial charge in [-0.25, -0.2) is 9.97 Å². The molecular formula is C16H14ClN3O. The fraction of sp³-hybridized carbons (Fsp3) is 0.125. The summed E-state index contributed by atoms with van der Waals surface area (Å²) in [4.78, 5) is 8.47. The summed E-state index contributed by atoms with van der Waals surface area (Å²) in [6, 6.07) is 11.3. The number of anilines is 1. The summed E-state index contributed by atoms with van der Waals surface area (Å²) in [5.74, 6) is 0.250. The fourth-order valence-corrected chi connectivity index (χ4v) is 2.53. The number of para-hydroxylation sites is 1. The zero-order valence-electron chi connectivity index (χ0n) is 11.4. The van der Waals surface area contributed by atoms with Crippen molar-refractivity contribution in [2.45, 2.75) is 13.0 Å². The standard InChI is InChI=1S/C16H14ClN3O/c1-9-6-14(20-13-5-3-2-4-11(9)13)15(21)12-7-10(17)8-19-16(12)18/h2-8,15,21H,1H3,(H2,18,19). The Morgan fingerprint density at radius 3 is 2.81 bits per heavy atom. The molecule has 1 unspecified atom stereocenters. The minimum absolute atomic E-state index is 0.250. The summed E-state index contributed by atoms with van der Waals surface area (Å²) in [5.41, 5.74) is 8.69. The number of pyridine rings is 2. The second kappa shape index (κ2) is 5.31. The molecule has 1 atom stereocenters. The van der Waals surface area contributed by atoms with Crippen molar-refractivity contribution in [3.63, 3.8) is 0 Å². The molecule has 0 saturated heterocycles. The molecule has 0 radical (unpaired) electrons. The number of nitrogens with two attached hydrogens (primary N) is 1. The Hall–Kier alpha value is -2.17. The number of aliphatic hydroxyl groups excluding tert-OH is 1. The van der Waals surface area contributed by atoms with Crippen LogP contribution in [0.1, 0.15) is 22.9 Å². The first-order valence-electron chi connectivity index (χ1n) is 6.51. The lowest BCUT2D eigenvalue weighted by Gasteiger charge is -2.14. The highest BCUT2D eigenvalue weighted by molar-refractivity contribution is 6.30. The Morgan fingerprint density at radius 1 is 1.24 bits per heavy atom. The first-order chi connectivity index (χ1) is 10.1. The normalized spacial score (nSPS) is 12.5. The molecule has 0 saturated carbocycles. The monoisotopic (exact) mass is 299 g/mol. The van der Waals surface area contributed by atoms with Gasteiger partial charge in [0.1, 0.15) is 11.9 Å². The van der Waals surface area contributed by atoms with Crippen molar-refractivity contribution in [3.8, 4) is 0 Å². The van der Waals surface area contributed by atoms with Crippen molar-refractivity contribution in [1.29, 1.82) is 0 Å². The fourth-order valence-electron chi connectivity index (χ4n) is 2.36. The smallest absolute Gasteiger partial charge is 0.129 e. The van der Waals surface area contributed by atoms with Crippen LogP contribution in [0.2, 0.25) is 5.02 Å².